The molecule has 6 nitrogen and oxygen atoms in total. The highest BCUT2D eigenvalue weighted by Gasteiger charge is 2.29. The summed E-state index contributed by atoms with van der Waals surface area (Å²) in [5.41, 5.74) is 1.76. The summed E-state index contributed by atoms with van der Waals surface area (Å²) in [5, 5.41) is 0. The number of rotatable bonds is 3. The molecule has 1 aliphatic rings. The smallest absolute Gasteiger partial charge is 0.409 e. The van der Waals surface area contributed by atoms with Crippen molar-refractivity contribution < 1.29 is 14.3 Å². The maximum absolute atomic E-state index is 11.6. The van der Waals surface area contributed by atoms with E-state index >= 15 is 0 Å². The number of aryl methyl sites for hydroxylation is 2. The molecular weight excluding hydrogens is 246 g/mol. The highest BCUT2D eigenvalue weighted by atomic mass is 16.6. The van der Waals surface area contributed by atoms with Crippen molar-refractivity contribution in [3.63, 3.8) is 0 Å². The van der Waals surface area contributed by atoms with E-state index in [9.17, 15) is 4.79 Å². The van der Waals surface area contributed by atoms with E-state index in [1.807, 2.05) is 19.9 Å². The number of carbonyl (C=O) groups is 1. The predicted octanol–water partition coefficient (Wildman–Crippen LogP) is 1.70. The van der Waals surface area contributed by atoms with Crippen LogP contribution in [0.5, 0.6) is 6.01 Å². The molecule has 1 atom stereocenters. The molecule has 6 heteroatoms. The molecule has 0 radical (unpaired) electrons. The molecule has 0 saturated carbocycles. The van der Waals surface area contributed by atoms with E-state index < -0.39 is 0 Å². The number of aromatic nitrogens is 2. The van der Waals surface area contributed by atoms with Gasteiger partial charge in [0.25, 0.3) is 0 Å². The first-order chi connectivity index (χ1) is 9.08. The van der Waals surface area contributed by atoms with E-state index in [4.69, 9.17) is 9.47 Å². The quantitative estimate of drug-likeness (QED) is 0.832. The second-order valence-corrected chi connectivity index (χ2v) is 4.61. The van der Waals surface area contributed by atoms with Crippen LogP contribution in [-0.2, 0) is 4.74 Å². The number of amides is 1. The SMILES string of the molecule is CCOC(=O)N1CCC(Oc2nc(C)cc(C)n2)C1. The molecule has 1 amide bonds. The molecule has 1 fully saturated rings. The van der Waals surface area contributed by atoms with Crippen molar-refractivity contribution in [2.45, 2.75) is 33.3 Å². The van der Waals surface area contributed by atoms with Crippen LogP contribution < -0.4 is 4.74 Å². The summed E-state index contributed by atoms with van der Waals surface area (Å²) < 4.78 is 10.7. The molecule has 1 unspecified atom stereocenters. The van der Waals surface area contributed by atoms with Crippen LogP contribution in [0.4, 0.5) is 4.79 Å². The first-order valence-corrected chi connectivity index (χ1v) is 6.49. The molecule has 2 rings (SSSR count). The lowest BCUT2D eigenvalue weighted by Gasteiger charge is -2.16. The Balaban J connectivity index is 1.93. The minimum absolute atomic E-state index is 0.0643. The lowest BCUT2D eigenvalue weighted by atomic mass is 10.3. The average molecular weight is 265 g/mol. The third-order valence-corrected chi connectivity index (χ3v) is 2.90. The van der Waals surface area contributed by atoms with Gasteiger partial charge < -0.3 is 14.4 Å². The van der Waals surface area contributed by atoms with Crippen LogP contribution in [-0.4, -0.2) is 46.8 Å². The van der Waals surface area contributed by atoms with Crippen molar-refractivity contribution in [2.75, 3.05) is 19.7 Å². The van der Waals surface area contributed by atoms with Gasteiger partial charge in [0.2, 0.25) is 0 Å². The summed E-state index contributed by atoms with van der Waals surface area (Å²) in [7, 11) is 0. The molecule has 1 aliphatic heterocycles. The average Bonchev–Trinajstić information content (AvgIpc) is 2.76. The summed E-state index contributed by atoms with van der Waals surface area (Å²) in [6, 6.07) is 2.28. The Morgan fingerprint density at radius 2 is 2.11 bits per heavy atom. The highest BCUT2D eigenvalue weighted by Crippen LogP contribution is 2.16. The van der Waals surface area contributed by atoms with Crippen molar-refractivity contribution >= 4 is 6.09 Å². The largest absolute Gasteiger partial charge is 0.458 e. The summed E-state index contributed by atoms with van der Waals surface area (Å²) >= 11 is 0. The van der Waals surface area contributed by atoms with Crippen molar-refractivity contribution in [3.05, 3.63) is 17.5 Å². The minimum Gasteiger partial charge on any atom is -0.458 e. The van der Waals surface area contributed by atoms with Crippen LogP contribution in [0.3, 0.4) is 0 Å². The number of carbonyl (C=O) groups excluding carboxylic acids is 1. The zero-order chi connectivity index (χ0) is 13.8. The molecule has 0 bridgehead atoms. The standard InChI is InChI=1S/C13H19N3O3/c1-4-18-13(17)16-6-5-11(8-16)19-12-14-9(2)7-10(3)15-12/h7,11H,4-6,8H2,1-3H3. The number of ether oxygens (including phenoxy) is 2. The predicted molar refractivity (Wildman–Crippen MR) is 69.1 cm³/mol. The topological polar surface area (TPSA) is 64.5 Å². The molecule has 104 valence electrons. The van der Waals surface area contributed by atoms with Gasteiger partial charge in [-0.25, -0.2) is 14.8 Å². The van der Waals surface area contributed by atoms with E-state index in [1.165, 1.54) is 0 Å². The Morgan fingerprint density at radius 3 is 2.74 bits per heavy atom. The van der Waals surface area contributed by atoms with Gasteiger partial charge >= 0.3 is 12.1 Å². The van der Waals surface area contributed by atoms with Crippen LogP contribution >= 0.6 is 0 Å². The van der Waals surface area contributed by atoms with E-state index in [0.717, 1.165) is 17.8 Å². The molecule has 1 saturated heterocycles. The van der Waals surface area contributed by atoms with E-state index in [1.54, 1.807) is 11.8 Å². The second kappa shape index (κ2) is 5.86. The van der Waals surface area contributed by atoms with Crippen molar-refractivity contribution in [1.82, 2.24) is 14.9 Å². The Labute approximate surface area is 112 Å². The van der Waals surface area contributed by atoms with Gasteiger partial charge in [0, 0.05) is 24.4 Å². The molecule has 1 aromatic heterocycles. The monoisotopic (exact) mass is 265 g/mol. The van der Waals surface area contributed by atoms with E-state index in [-0.39, 0.29) is 12.2 Å². The Morgan fingerprint density at radius 1 is 1.42 bits per heavy atom. The Hall–Kier alpha value is -1.85. The molecule has 0 spiro atoms. The zero-order valence-electron chi connectivity index (χ0n) is 11.5. The molecule has 2 heterocycles. The number of hydrogen-bond acceptors (Lipinski definition) is 5. The fourth-order valence-electron chi connectivity index (χ4n) is 2.10. The zero-order valence-corrected chi connectivity index (χ0v) is 11.5. The van der Waals surface area contributed by atoms with Crippen LogP contribution in [0.1, 0.15) is 24.7 Å². The number of likely N-dealkylation sites (tertiary alicyclic amines) is 1. The molecule has 0 aliphatic carbocycles. The lowest BCUT2D eigenvalue weighted by molar-refractivity contribution is 0.109. The Bertz CT molecular complexity index is 444. The van der Waals surface area contributed by atoms with Crippen LogP contribution in [0.15, 0.2) is 6.07 Å². The molecule has 19 heavy (non-hydrogen) atoms. The number of hydrogen-bond donors (Lipinski definition) is 0. The van der Waals surface area contributed by atoms with Crippen molar-refractivity contribution in [1.29, 1.82) is 0 Å². The third-order valence-electron chi connectivity index (χ3n) is 2.90. The summed E-state index contributed by atoms with van der Waals surface area (Å²) in [6.07, 6.45) is 0.426. The lowest BCUT2D eigenvalue weighted by Crippen LogP contribution is -2.31. The minimum atomic E-state index is -0.282. The van der Waals surface area contributed by atoms with Crippen molar-refractivity contribution in [2.24, 2.45) is 0 Å². The second-order valence-electron chi connectivity index (χ2n) is 4.61. The molecule has 0 N–H and O–H groups in total. The molecular formula is C13H19N3O3. The van der Waals surface area contributed by atoms with Crippen LogP contribution in [0.25, 0.3) is 0 Å². The van der Waals surface area contributed by atoms with Gasteiger partial charge in [0.15, 0.2) is 0 Å². The van der Waals surface area contributed by atoms with Gasteiger partial charge in [0.1, 0.15) is 6.10 Å². The van der Waals surface area contributed by atoms with E-state index in [0.29, 0.717) is 25.7 Å². The van der Waals surface area contributed by atoms with Crippen LogP contribution in [0.2, 0.25) is 0 Å². The third kappa shape index (κ3) is 3.56. The normalized spacial score (nSPS) is 18.5. The molecule has 0 aromatic carbocycles. The first kappa shape index (κ1) is 13.6. The first-order valence-electron chi connectivity index (χ1n) is 6.49. The fourth-order valence-corrected chi connectivity index (χ4v) is 2.10. The maximum atomic E-state index is 11.6. The van der Waals surface area contributed by atoms with Gasteiger partial charge in [-0.15, -0.1) is 0 Å². The van der Waals surface area contributed by atoms with Crippen LogP contribution in [0, 0.1) is 13.8 Å². The summed E-state index contributed by atoms with van der Waals surface area (Å²) in [6.45, 7) is 7.16. The Kier molecular flexibility index (Phi) is 4.19. The number of nitrogens with zero attached hydrogens (tertiary/aromatic N) is 3. The molecule has 1 aromatic rings. The van der Waals surface area contributed by atoms with Gasteiger partial charge in [-0.1, -0.05) is 0 Å². The van der Waals surface area contributed by atoms with Gasteiger partial charge in [-0.2, -0.15) is 0 Å². The highest BCUT2D eigenvalue weighted by molar-refractivity contribution is 5.67. The fraction of sp³-hybridized carbons (Fsp3) is 0.615. The summed E-state index contributed by atoms with van der Waals surface area (Å²) in [4.78, 5) is 21.7. The van der Waals surface area contributed by atoms with Gasteiger partial charge in [0.05, 0.1) is 13.2 Å². The van der Waals surface area contributed by atoms with Gasteiger partial charge in [-0.05, 0) is 26.8 Å². The van der Waals surface area contributed by atoms with E-state index in [2.05, 4.69) is 9.97 Å². The summed E-state index contributed by atoms with van der Waals surface area (Å²) in [5.74, 6) is 0. The maximum Gasteiger partial charge on any atom is 0.409 e. The van der Waals surface area contributed by atoms with Crippen molar-refractivity contribution in [3.8, 4) is 6.01 Å². The van der Waals surface area contributed by atoms with Gasteiger partial charge in [-0.3, -0.25) is 0 Å².